The third kappa shape index (κ3) is 3.36. The van der Waals surface area contributed by atoms with Crippen LogP contribution in [0.2, 0.25) is 0 Å². The summed E-state index contributed by atoms with van der Waals surface area (Å²) in [6, 6.07) is 8.52. The average molecular weight is 400 g/mol. The lowest BCUT2D eigenvalue weighted by molar-refractivity contribution is -0.151. The zero-order valence-corrected chi connectivity index (χ0v) is 17.8. The van der Waals surface area contributed by atoms with Crippen molar-refractivity contribution in [3.63, 3.8) is 0 Å². The number of hydrogen-bond donors (Lipinski definition) is 2. The highest BCUT2D eigenvalue weighted by atomic mass is 16.5. The van der Waals surface area contributed by atoms with E-state index < -0.39 is 11.0 Å². The van der Waals surface area contributed by atoms with Crippen LogP contribution in [0.5, 0.6) is 0 Å². The fraction of sp³-hybridized carbons (Fsp3) is 0.652. The molecule has 2 N–H and O–H groups in total. The van der Waals surface area contributed by atoms with Gasteiger partial charge in [0.05, 0.1) is 16.6 Å². The highest BCUT2D eigenvalue weighted by Crippen LogP contribution is 2.69. The fourth-order valence-electron chi connectivity index (χ4n) is 5.75. The van der Waals surface area contributed by atoms with E-state index in [2.05, 4.69) is 41.8 Å². The molecule has 2 amide bonds. The second-order valence-corrected chi connectivity index (χ2v) is 9.21. The van der Waals surface area contributed by atoms with Crippen molar-refractivity contribution in [3.05, 3.63) is 35.4 Å². The normalized spacial score (nSPS) is 29.3. The Balaban J connectivity index is 1.52. The van der Waals surface area contributed by atoms with Crippen LogP contribution >= 0.6 is 0 Å². The molecular formula is C23H33N3O3. The van der Waals surface area contributed by atoms with Gasteiger partial charge in [0.2, 0.25) is 11.8 Å². The van der Waals surface area contributed by atoms with Gasteiger partial charge in [-0.3, -0.25) is 9.59 Å². The Bertz CT molecular complexity index is 777. The molecule has 29 heavy (non-hydrogen) atoms. The summed E-state index contributed by atoms with van der Waals surface area (Å²) in [4.78, 5) is 27.0. The molecule has 6 heteroatoms. The van der Waals surface area contributed by atoms with Crippen LogP contribution in [0.25, 0.3) is 0 Å². The number of rotatable bonds is 6. The molecule has 1 saturated carbocycles. The summed E-state index contributed by atoms with van der Waals surface area (Å²) in [6.07, 6.45) is 4.12. The largest absolute Gasteiger partial charge is 0.365 e. The number of carbonyl (C=O) groups is 2. The number of nitrogens with zero attached hydrogens (tertiary/aromatic N) is 1. The van der Waals surface area contributed by atoms with Gasteiger partial charge in [0.25, 0.3) is 0 Å². The molecule has 3 heterocycles. The second kappa shape index (κ2) is 7.40. The minimum atomic E-state index is -0.467. The topological polar surface area (TPSA) is 70.7 Å². The molecule has 1 spiro atoms. The summed E-state index contributed by atoms with van der Waals surface area (Å²) in [5.74, 6) is 0.139. The Morgan fingerprint density at radius 3 is 2.34 bits per heavy atom. The number of carbonyl (C=O) groups excluding carboxylic acids is 2. The summed E-state index contributed by atoms with van der Waals surface area (Å²) in [6.45, 7) is 6.51. The number of nitrogens with one attached hydrogen (secondary N) is 2. The molecule has 0 atom stereocenters. The zero-order valence-electron chi connectivity index (χ0n) is 17.8. The van der Waals surface area contributed by atoms with Crippen LogP contribution in [0.4, 0.5) is 0 Å². The Morgan fingerprint density at radius 1 is 1.14 bits per heavy atom. The summed E-state index contributed by atoms with van der Waals surface area (Å²) in [7, 11) is 1.91. The van der Waals surface area contributed by atoms with Gasteiger partial charge < -0.3 is 20.3 Å². The number of amides is 2. The molecular weight excluding hydrogens is 366 g/mol. The predicted octanol–water partition coefficient (Wildman–Crippen LogP) is 2.01. The molecule has 2 bridgehead atoms. The molecule has 4 fully saturated rings. The van der Waals surface area contributed by atoms with E-state index in [1.165, 1.54) is 12.5 Å². The Labute approximate surface area is 173 Å². The molecule has 1 aromatic rings. The van der Waals surface area contributed by atoms with E-state index in [1.807, 2.05) is 11.9 Å². The van der Waals surface area contributed by atoms with Crippen molar-refractivity contribution in [2.24, 2.45) is 5.41 Å². The van der Waals surface area contributed by atoms with E-state index in [0.717, 1.165) is 37.9 Å². The molecule has 3 aliphatic heterocycles. The van der Waals surface area contributed by atoms with Crippen molar-refractivity contribution in [3.8, 4) is 0 Å². The van der Waals surface area contributed by atoms with E-state index in [4.69, 9.17) is 4.74 Å². The maximum absolute atomic E-state index is 13.7. The summed E-state index contributed by atoms with van der Waals surface area (Å²) < 4.78 is 6.65. The maximum Gasteiger partial charge on any atom is 0.231 e. The van der Waals surface area contributed by atoms with Crippen LogP contribution in [-0.4, -0.2) is 54.6 Å². The Morgan fingerprint density at radius 2 is 1.76 bits per heavy atom. The van der Waals surface area contributed by atoms with E-state index in [1.54, 1.807) is 0 Å². The molecule has 1 aliphatic carbocycles. The number of hydrogen-bond acceptors (Lipinski definition) is 4. The lowest BCUT2D eigenvalue weighted by Crippen LogP contribution is -2.61. The van der Waals surface area contributed by atoms with E-state index in [-0.39, 0.29) is 17.4 Å². The Hall–Kier alpha value is -1.92. The van der Waals surface area contributed by atoms with Crippen LogP contribution < -0.4 is 10.6 Å². The smallest absolute Gasteiger partial charge is 0.231 e. The molecule has 4 aliphatic rings. The van der Waals surface area contributed by atoms with Crippen molar-refractivity contribution in [2.75, 3.05) is 26.7 Å². The predicted molar refractivity (Wildman–Crippen MR) is 111 cm³/mol. The molecule has 0 radical (unpaired) electrons. The highest BCUT2D eigenvalue weighted by Gasteiger charge is 2.77. The Kier molecular flexibility index (Phi) is 5.20. The SMILES string of the molecule is CCc1ccc(CN(C)C(=O)C23CC(CNC(C)=O)(C2)OC32CCNCC2)cc1. The van der Waals surface area contributed by atoms with Crippen LogP contribution in [-0.2, 0) is 27.3 Å². The van der Waals surface area contributed by atoms with Crippen LogP contribution in [0, 0.1) is 5.41 Å². The number of benzene rings is 1. The van der Waals surface area contributed by atoms with Crippen molar-refractivity contribution < 1.29 is 14.3 Å². The van der Waals surface area contributed by atoms with Crippen LogP contribution in [0.15, 0.2) is 24.3 Å². The van der Waals surface area contributed by atoms with Gasteiger partial charge in [0.15, 0.2) is 0 Å². The van der Waals surface area contributed by atoms with Crippen LogP contribution in [0.3, 0.4) is 0 Å². The van der Waals surface area contributed by atoms with Gasteiger partial charge in [-0.1, -0.05) is 31.2 Å². The van der Waals surface area contributed by atoms with Gasteiger partial charge in [-0.25, -0.2) is 0 Å². The van der Waals surface area contributed by atoms with Crippen molar-refractivity contribution >= 4 is 11.8 Å². The van der Waals surface area contributed by atoms with E-state index >= 15 is 0 Å². The lowest BCUT2D eigenvalue weighted by Gasteiger charge is -2.49. The zero-order chi connectivity index (χ0) is 20.7. The third-order valence-corrected chi connectivity index (χ3v) is 7.21. The molecule has 0 aromatic heterocycles. The molecule has 0 unspecified atom stereocenters. The monoisotopic (exact) mass is 399 g/mol. The quantitative estimate of drug-likeness (QED) is 0.768. The van der Waals surface area contributed by atoms with E-state index in [9.17, 15) is 9.59 Å². The summed E-state index contributed by atoms with van der Waals surface area (Å²) >= 11 is 0. The first-order valence-electron chi connectivity index (χ1n) is 10.8. The van der Waals surface area contributed by atoms with Gasteiger partial charge in [-0.2, -0.15) is 0 Å². The highest BCUT2D eigenvalue weighted by molar-refractivity contribution is 5.87. The first-order chi connectivity index (χ1) is 13.8. The first kappa shape index (κ1) is 20.4. The second-order valence-electron chi connectivity index (χ2n) is 9.21. The van der Waals surface area contributed by atoms with Crippen molar-refractivity contribution in [2.45, 2.75) is 63.7 Å². The van der Waals surface area contributed by atoms with Gasteiger partial charge in [0, 0.05) is 27.1 Å². The standard InChI is InChI=1S/C23H33N3O3/c1-4-18-5-7-19(8-6-18)13-26(3)20(28)22-14-21(15-22,16-25-17(2)27)29-23(22)9-11-24-12-10-23/h5-8,24H,4,9-16H2,1-3H3,(H,25,27). The number of piperidine rings is 1. The maximum atomic E-state index is 13.7. The minimum absolute atomic E-state index is 0.0503. The molecule has 3 saturated heterocycles. The third-order valence-electron chi connectivity index (χ3n) is 7.21. The van der Waals surface area contributed by atoms with Crippen molar-refractivity contribution in [1.29, 1.82) is 0 Å². The van der Waals surface area contributed by atoms with E-state index in [0.29, 0.717) is 25.9 Å². The van der Waals surface area contributed by atoms with Gasteiger partial charge in [-0.15, -0.1) is 0 Å². The number of aryl methyl sites for hydroxylation is 1. The van der Waals surface area contributed by atoms with Gasteiger partial charge >= 0.3 is 0 Å². The minimum Gasteiger partial charge on any atom is -0.365 e. The summed E-state index contributed by atoms with van der Waals surface area (Å²) in [5, 5.41) is 6.32. The molecule has 1 aromatic carbocycles. The lowest BCUT2D eigenvalue weighted by atomic mass is 9.53. The molecule has 5 rings (SSSR count). The average Bonchev–Trinajstić information content (AvgIpc) is 3.11. The summed E-state index contributed by atoms with van der Waals surface area (Å²) in [5.41, 5.74) is 1.19. The van der Waals surface area contributed by atoms with Crippen LogP contribution in [0.1, 0.15) is 50.7 Å². The van der Waals surface area contributed by atoms with Gasteiger partial charge in [-0.05, 0) is 56.3 Å². The molecule has 6 nitrogen and oxygen atoms in total. The first-order valence-corrected chi connectivity index (χ1v) is 10.8. The molecule has 158 valence electrons. The fourth-order valence-corrected chi connectivity index (χ4v) is 5.75. The van der Waals surface area contributed by atoms with Crippen molar-refractivity contribution in [1.82, 2.24) is 15.5 Å². The van der Waals surface area contributed by atoms with Gasteiger partial charge in [0.1, 0.15) is 0 Å². The number of ether oxygens (including phenoxy) is 1.